The monoisotopic (exact) mass is 242 g/mol. The van der Waals surface area contributed by atoms with E-state index in [1.54, 1.807) is 12.1 Å². The van der Waals surface area contributed by atoms with Crippen LogP contribution in [0.2, 0.25) is 0 Å². The summed E-state index contributed by atoms with van der Waals surface area (Å²) >= 11 is 0. The molecule has 0 amide bonds. The second-order valence-electron chi connectivity index (χ2n) is 4.38. The predicted molar refractivity (Wildman–Crippen MR) is 68.4 cm³/mol. The Balaban J connectivity index is 2.70. The number of aromatic nitrogens is 1. The summed E-state index contributed by atoms with van der Waals surface area (Å²) in [5.74, 6) is -0.391. The molecule has 0 unspecified atom stereocenters. The number of nitriles is 1. The molecule has 0 aliphatic carbocycles. The number of methoxy groups -OCH3 is 1. The molecule has 18 heavy (non-hydrogen) atoms. The van der Waals surface area contributed by atoms with Crippen LogP contribution in [-0.2, 0) is 4.74 Å². The zero-order chi connectivity index (χ0) is 13.3. The van der Waals surface area contributed by atoms with Crippen molar-refractivity contribution in [3.05, 3.63) is 35.5 Å². The van der Waals surface area contributed by atoms with Gasteiger partial charge in [-0.15, -0.1) is 0 Å². The standard InChI is InChI=1S/C14H14N2O2/c1-9(2)16-8-11(7-15)12-6-10(14(17)18-3)4-5-13(12)16/h4-6,8-9H,1-3H3. The van der Waals surface area contributed by atoms with E-state index in [9.17, 15) is 4.79 Å². The van der Waals surface area contributed by atoms with E-state index in [0.717, 1.165) is 10.9 Å². The van der Waals surface area contributed by atoms with Gasteiger partial charge in [0.25, 0.3) is 0 Å². The number of hydrogen-bond donors (Lipinski definition) is 0. The summed E-state index contributed by atoms with van der Waals surface area (Å²) in [5.41, 5.74) is 1.99. The summed E-state index contributed by atoms with van der Waals surface area (Å²) in [7, 11) is 1.34. The summed E-state index contributed by atoms with van der Waals surface area (Å²) in [6, 6.07) is 7.69. The highest BCUT2D eigenvalue weighted by Crippen LogP contribution is 2.25. The van der Waals surface area contributed by atoms with Crippen LogP contribution in [0.5, 0.6) is 0 Å². The highest BCUT2D eigenvalue weighted by Gasteiger charge is 2.13. The Morgan fingerprint density at radius 3 is 2.72 bits per heavy atom. The third kappa shape index (κ3) is 1.84. The zero-order valence-electron chi connectivity index (χ0n) is 10.6. The first kappa shape index (κ1) is 12.2. The van der Waals surface area contributed by atoms with Gasteiger partial charge in [0, 0.05) is 23.1 Å². The third-order valence-corrected chi connectivity index (χ3v) is 2.93. The number of carbonyl (C=O) groups excluding carboxylic acids is 1. The Labute approximate surface area is 105 Å². The third-order valence-electron chi connectivity index (χ3n) is 2.93. The molecule has 4 heteroatoms. The van der Waals surface area contributed by atoms with Gasteiger partial charge in [-0.25, -0.2) is 4.79 Å². The molecule has 1 aromatic heterocycles. The molecule has 0 saturated carbocycles. The average Bonchev–Trinajstić information content (AvgIpc) is 2.75. The molecule has 0 N–H and O–H groups in total. The van der Waals surface area contributed by atoms with E-state index in [2.05, 4.69) is 24.7 Å². The summed E-state index contributed by atoms with van der Waals surface area (Å²) in [5, 5.41) is 9.92. The molecule has 0 atom stereocenters. The lowest BCUT2D eigenvalue weighted by Gasteiger charge is -2.09. The van der Waals surface area contributed by atoms with E-state index >= 15 is 0 Å². The number of fused-ring (bicyclic) bond motifs is 1. The highest BCUT2D eigenvalue weighted by molar-refractivity contribution is 5.96. The van der Waals surface area contributed by atoms with Crippen molar-refractivity contribution in [3.8, 4) is 6.07 Å². The normalized spacial score (nSPS) is 10.6. The largest absolute Gasteiger partial charge is 0.465 e. The minimum absolute atomic E-state index is 0.263. The van der Waals surface area contributed by atoms with Gasteiger partial charge in [0.2, 0.25) is 0 Å². The summed E-state index contributed by atoms with van der Waals surface area (Å²) < 4.78 is 6.71. The molecule has 0 spiro atoms. The molecule has 0 saturated heterocycles. The van der Waals surface area contributed by atoms with E-state index in [0.29, 0.717) is 11.1 Å². The van der Waals surface area contributed by atoms with Gasteiger partial charge in [0.1, 0.15) is 6.07 Å². The van der Waals surface area contributed by atoms with Crippen LogP contribution >= 0.6 is 0 Å². The molecular formula is C14H14N2O2. The van der Waals surface area contributed by atoms with Crippen LogP contribution in [0.3, 0.4) is 0 Å². The Bertz CT molecular complexity index is 648. The van der Waals surface area contributed by atoms with Crippen molar-refractivity contribution in [2.75, 3.05) is 7.11 Å². The van der Waals surface area contributed by atoms with E-state index in [1.165, 1.54) is 7.11 Å². The topological polar surface area (TPSA) is 55.0 Å². The summed E-state index contributed by atoms with van der Waals surface area (Å²) in [6.07, 6.45) is 1.82. The van der Waals surface area contributed by atoms with Gasteiger partial charge < -0.3 is 9.30 Å². The molecule has 0 aliphatic rings. The molecule has 0 aliphatic heterocycles. The molecule has 0 fully saturated rings. The molecule has 0 radical (unpaired) electrons. The molecule has 4 nitrogen and oxygen atoms in total. The SMILES string of the molecule is COC(=O)c1ccc2c(c1)c(C#N)cn2C(C)C. The van der Waals surface area contributed by atoms with Gasteiger partial charge in [-0.1, -0.05) is 0 Å². The van der Waals surface area contributed by atoms with Gasteiger partial charge in [-0.05, 0) is 32.0 Å². The Morgan fingerprint density at radius 2 is 2.17 bits per heavy atom. The second kappa shape index (κ2) is 4.53. The van der Waals surface area contributed by atoms with Crippen molar-refractivity contribution in [2.24, 2.45) is 0 Å². The average molecular weight is 242 g/mol. The van der Waals surface area contributed by atoms with Gasteiger partial charge in [-0.2, -0.15) is 5.26 Å². The second-order valence-corrected chi connectivity index (χ2v) is 4.38. The number of benzene rings is 1. The fraction of sp³-hybridized carbons (Fsp3) is 0.286. The van der Waals surface area contributed by atoms with E-state index in [1.807, 2.05) is 16.8 Å². The van der Waals surface area contributed by atoms with E-state index in [4.69, 9.17) is 5.26 Å². The maximum Gasteiger partial charge on any atom is 0.337 e. The molecule has 0 bridgehead atoms. The van der Waals surface area contributed by atoms with Gasteiger partial charge in [-0.3, -0.25) is 0 Å². The maximum atomic E-state index is 11.5. The number of esters is 1. The number of nitrogens with zero attached hydrogens (tertiary/aromatic N) is 2. The number of rotatable bonds is 2. The van der Waals surface area contributed by atoms with Crippen LogP contribution in [-0.4, -0.2) is 17.6 Å². The summed E-state index contributed by atoms with van der Waals surface area (Å²) in [4.78, 5) is 11.5. The molecule has 92 valence electrons. The fourth-order valence-corrected chi connectivity index (χ4v) is 2.02. The lowest BCUT2D eigenvalue weighted by Crippen LogP contribution is -2.01. The smallest absolute Gasteiger partial charge is 0.337 e. The van der Waals surface area contributed by atoms with Crippen molar-refractivity contribution in [1.29, 1.82) is 5.26 Å². The van der Waals surface area contributed by atoms with Crippen LogP contribution in [0.25, 0.3) is 10.9 Å². The highest BCUT2D eigenvalue weighted by atomic mass is 16.5. The number of carbonyl (C=O) groups is 1. The van der Waals surface area contributed by atoms with Crippen LogP contribution in [0.15, 0.2) is 24.4 Å². The molecule has 2 rings (SSSR count). The first-order chi connectivity index (χ1) is 8.58. The van der Waals surface area contributed by atoms with Crippen LogP contribution in [0.1, 0.15) is 35.8 Å². The quantitative estimate of drug-likeness (QED) is 0.761. The van der Waals surface area contributed by atoms with Gasteiger partial charge >= 0.3 is 5.97 Å². The van der Waals surface area contributed by atoms with Crippen LogP contribution in [0, 0.1) is 11.3 Å². The lowest BCUT2D eigenvalue weighted by molar-refractivity contribution is 0.0601. The number of ether oxygens (including phenoxy) is 1. The first-order valence-corrected chi connectivity index (χ1v) is 5.71. The van der Waals surface area contributed by atoms with Gasteiger partial charge in [0.05, 0.1) is 18.2 Å². The fourth-order valence-electron chi connectivity index (χ4n) is 2.02. The first-order valence-electron chi connectivity index (χ1n) is 5.71. The van der Waals surface area contributed by atoms with Crippen LogP contribution in [0.4, 0.5) is 0 Å². The Kier molecular flexibility index (Phi) is 3.07. The lowest BCUT2D eigenvalue weighted by atomic mass is 10.1. The molecule has 2 aromatic rings. The van der Waals surface area contributed by atoms with E-state index in [-0.39, 0.29) is 6.04 Å². The Morgan fingerprint density at radius 1 is 1.44 bits per heavy atom. The maximum absolute atomic E-state index is 11.5. The minimum atomic E-state index is -0.391. The van der Waals surface area contributed by atoms with Crippen molar-refractivity contribution < 1.29 is 9.53 Å². The molecule has 1 heterocycles. The predicted octanol–water partition coefficient (Wildman–Crippen LogP) is 2.88. The van der Waals surface area contributed by atoms with E-state index < -0.39 is 5.97 Å². The zero-order valence-corrected chi connectivity index (χ0v) is 10.6. The minimum Gasteiger partial charge on any atom is -0.465 e. The van der Waals surface area contributed by atoms with Crippen molar-refractivity contribution in [1.82, 2.24) is 4.57 Å². The summed E-state index contributed by atoms with van der Waals surface area (Å²) in [6.45, 7) is 4.10. The molecule has 1 aromatic carbocycles. The van der Waals surface area contributed by atoms with Gasteiger partial charge in [0.15, 0.2) is 0 Å². The van der Waals surface area contributed by atoms with Crippen molar-refractivity contribution >= 4 is 16.9 Å². The number of hydrogen-bond acceptors (Lipinski definition) is 3. The molecular weight excluding hydrogens is 228 g/mol. The van der Waals surface area contributed by atoms with Crippen molar-refractivity contribution in [2.45, 2.75) is 19.9 Å². The van der Waals surface area contributed by atoms with Crippen molar-refractivity contribution in [3.63, 3.8) is 0 Å². The van der Waals surface area contributed by atoms with Crippen LogP contribution < -0.4 is 0 Å². The Hall–Kier alpha value is -2.28.